The fourth-order valence-electron chi connectivity index (χ4n) is 5.41. The average molecular weight is 524 g/mol. The van der Waals surface area contributed by atoms with Crippen LogP contribution in [0.2, 0.25) is 0 Å². The molecule has 0 saturated heterocycles. The van der Waals surface area contributed by atoms with Gasteiger partial charge in [0.2, 0.25) is 0 Å². The highest BCUT2D eigenvalue weighted by Gasteiger charge is 2.35. The van der Waals surface area contributed by atoms with Crippen molar-refractivity contribution < 1.29 is 14.3 Å². The molecule has 0 saturated carbocycles. The molecule has 1 aromatic heterocycles. The van der Waals surface area contributed by atoms with Crippen molar-refractivity contribution >= 4 is 56.3 Å². The molecule has 0 bridgehead atoms. The number of fused-ring (bicyclic) bond motifs is 4. The number of nitrogens with two attached hydrogens (primary N) is 1. The maximum absolute atomic E-state index is 13.8. The zero-order valence-corrected chi connectivity index (χ0v) is 21.6. The van der Waals surface area contributed by atoms with Crippen LogP contribution < -0.4 is 15.4 Å². The van der Waals surface area contributed by atoms with E-state index in [2.05, 4.69) is 11.1 Å². The van der Waals surface area contributed by atoms with Crippen molar-refractivity contribution in [1.29, 1.82) is 0 Å². The lowest BCUT2D eigenvalue weighted by atomic mass is 9.95. The van der Waals surface area contributed by atoms with Gasteiger partial charge in [-0.15, -0.1) is 11.6 Å². The van der Waals surface area contributed by atoms with E-state index in [-0.39, 0.29) is 24.0 Å². The number of carbonyl (C=O) groups is 2. The third-order valence-electron chi connectivity index (χ3n) is 7.29. The fourth-order valence-corrected chi connectivity index (χ4v) is 5.66. The first-order chi connectivity index (χ1) is 18.5. The van der Waals surface area contributed by atoms with Gasteiger partial charge in [-0.2, -0.15) is 0 Å². The van der Waals surface area contributed by atoms with Crippen LogP contribution in [0.3, 0.4) is 0 Å². The van der Waals surface area contributed by atoms with E-state index < -0.39 is 0 Å². The summed E-state index contributed by atoms with van der Waals surface area (Å²) in [5.74, 6) is 1.02. The molecule has 0 spiro atoms. The van der Waals surface area contributed by atoms with Crippen LogP contribution in [0.5, 0.6) is 5.75 Å². The standard InChI is InChI=1S/C31H26ClN3O3/c1-38-29-15-27-30(24-5-3-2-4-23(24)29)21(16-32)17-35(27)31(37)26-14-20-12-18(6-11-25(20)34-26)13-28(36)19-7-9-22(33)10-8-19/h2-12,14-15,21,34H,13,16-17,33H2,1H3/t21-/m1/s1. The second-order valence-electron chi connectivity index (χ2n) is 9.65. The molecule has 7 heteroatoms. The number of hydrogen-bond donors (Lipinski definition) is 2. The zero-order valence-electron chi connectivity index (χ0n) is 20.8. The van der Waals surface area contributed by atoms with E-state index in [4.69, 9.17) is 22.1 Å². The van der Waals surface area contributed by atoms with E-state index in [0.29, 0.717) is 29.4 Å². The Bertz CT molecular complexity index is 1710. The minimum absolute atomic E-state index is 0.0122. The van der Waals surface area contributed by atoms with Crippen LogP contribution in [-0.2, 0) is 6.42 Å². The smallest absolute Gasteiger partial charge is 0.274 e. The monoisotopic (exact) mass is 523 g/mol. The highest BCUT2D eigenvalue weighted by atomic mass is 35.5. The van der Waals surface area contributed by atoms with Crippen LogP contribution in [-0.4, -0.2) is 36.2 Å². The number of aromatic amines is 1. The first-order valence-corrected chi connectivity index (χ1v) is 13.0. The van der Waals surface area contributed by atoms with Crippen LogP contribution in [0, 0.1) is 0 Å². The number of benzene rings is 4. The van der Waals surface area contributed by atoms with Crippen LogP contribution >= 0.6 is 11.6 Å². The van der Waals surface area contributed by atoms with E-state index in [1.54, 1.807) is 36.3 Å². The summed E-state index contributed by atoms with van der Waals surface area (Å²) in [5.41, 5.74) is 11.1. The Morgan fingerprint density at radius 3 is 2.53 bits per heavy atom. The number of nitrogens with zero attached hydrogens (tertiary/aromatic N) is 1. The number of ether oxygens (including phenoxy) is 1. The van der Waals surface area contributed by atoms with E-state index in [1.165, 1.54) is 0 Å². The maximum atomic E-state index is 13.8. The maximum Gasteiger partial charge on any atom is 0.274 e. The molecule has 0 aliphatic carbocycles. The van der Waals surface area contributed by atoms with E-state index in [1.807, 2.05) is 48.5 Å². The van der Waals surface area contributed by atoms with E-state index >= 15 is 0 Å². The number of ketones is 1. The number of halogens is 1. The summed E-state index contributed by atoms with van der Waals surface area (Å²) in [6.07, 6.45) is 0.262. The number of nitrogens with one attached hydrogen (secondary N) is 1. The molecule has 4 aromatic carbocycles. The quantitative estimate of drug-likeness (QED) is 0.155. The van der Waals surface area contributed by atoms with Crippen molar-refractivity contribution in [3.63, 3.8) is 0 Å². The molecule has 2 heterocycles. The third kappa shape index (κ3) is 4.07. The van der Waals surface area contributed by atoms with Crippen LogP contribution in [0.15, 0.2) is 78.9 Å². The van der Waals surface area contributed by atoms with Crippen LogP contribution in [0.25, 0.3) is 21.7 Å². The van der Waals surface area contributed by atoms with Crippen molar-refractivity contribution in [2.45, 2.75) is 12.3 Å². The molecular weight excluding hydrogens is 498 g/mol. The highest BCUT2D eigenvalue weighted by Crippen LogP contribution is 2.46. The van der Waals surface area contributed by atoms with Crippen LogP contribution in [0.4, 0.5) is 11.4 Å². The Morgan fingerprint density at radius 1 is 1.03 bits per heavy atom. The molecule has 5 aromatic rings. The average Bonchev–Trinajstić information content (AvgIpc) is 3.54. The molecule has 0 unspecified atom stereocenters. The second kappa shape index (κ2) is 9.54. The zero-order chi connectivity index (χ0) is 26.4. The minimum atomic E-state index is -0.132. The van der Waals surface area contributed by atoms with Gasteiger partial charge in [-0.3, -0.25) is 9.59 Å². The largest absolute Gasteiger partial charge is 0.496 e. The van der Waals surface area contributed by atoms with Crippen molar-refractivity contribution in [2.75, 3.05) is 30.2 Å². The normalized spacial score (nSPS) is 14.7. The summed E-state index contributed by atoms with van der Waals surface area (Å²) in [6, 6.07) is 24.5. The molecular formula is C31H26ClN3O3. The Labute approximate surface area is 225 Å². The minimum Gasteiger partial charge on any atom is -0.496 e. The second-order valence-corrected chi connectivity index (χ2v) is 9.96. The molecule has 0 fully saturated rings. The predicted octanol–water partition coefficient (Wildman–Crippen LogP) is 6.32. The summed E-state index contributed by atoms with van der Waals surface area (Å²) in [4.78, 5) is 31.6. The molecule has 6 nitrogen and oxygen atoms in total. The number of alkyl halides is 1. The number of hydrogen-bond acceptors (Lipinski definition) is 4. The molecule has 1 atom stereocenters. The molecule has 38 heavy (non-hydrogen) atoms. The van der Waals surface area contributed by atoms with Gasteiger partial charge in [0.15, 0.2) is 5.78 Å². The van der Waals surface area contributed by atoms with Gasteiger partial charge in [0, 0.05) is 58.4 Å². The molecule has 6 rings (SSSR count). The number of Topliss-reactive ketones (excluding diaryl/α,β-unsaturated/α-hetero) is 1. The van der Waals surface area contributed by atoms with Crippen molar-refractivity contribution in [1.82, 2.24) is 4.98 Å². The molecule has 3 N–H and O–H groups in total. The first kappa shape index (κ1) is 24.1. The van der Waals surface area contributed by atoms with Gasteiger partial charge in [0.25, 0.3) is 5.91 Å². The lowest BCUT2D eigenvalue weighted by Crippen LogP contribution is -2.30. The number of nitrogen functional groups attached to an aromatic ring is 1. The number of aromatic nitrogens is 1. The number of anilines is 2. The van der Waals surface area contributed by atoms with Crippen LogP contribution in [0.1, 0.15) is 37.9 Å². The van der Waals surface area contributed by atoms with Gasteiger partial charge in [-0.05, 0) is 59.0 Å². The molecule has 0 radical (unpaired) electrons. The Balaban J connectivity index is 1.32. The SMILES string of the molecule is COc1cc2c(c3ccccc13)[C@H](CCl)CN2C(=O)c1cc2cc(CC(=O)c3ccc(N)cc3)ccc2[nH]1. The van der Waals surface area contributed by atoms with Gasteiger partial charge in [0.1, 0.15) is 11.4 Å². The summed E-state index contributed by atoms with van der Waals surface area (Å²) < 4.78 is 5.67. The van der Waals surface area contributed by atoms with E-state index in [0.717, 1.165) is 44.2 Å². The van der Waals surface area contributed by atoms with E-state index in [9.17, 15) is 9.59 Å². The molecule has 190 valence electrons. The number of amides is 1. The summed E-state index contributed by atoms with van der Waals surface area (Å²) in [6.45, 7) is 0.492. The number of methoxy groups -OCH3 is 1. The first-order valence-electron chi connectivity index (χ1n) is 12.4. The molecule has 1 amide bonds. The Morgan fingerprint density at radius 2 is 1.79 bits per heavy atom. The fraction of sp³-hybridized carbons (Fsp3) is 0.161. The molecule has 1 aliphatic heterocycles. The van der Waals surface area contributed by atoms with Gasteiger partial charge in [-0.1, -0.05) is 30.3 Å². The van der Waals surface area contributed by atoms with Crippen molar-refractivity contribution in [3.05, 3.63) is 101 Å². The summed E-state index contributed by atoms with van der Waals surface area (Å²) in [7, 11) is 1.64. The lowest BCUT2D eigenvalue weighted by Gasteiger charge is -2.18. The number of rotatable bonds is 6. The lowest BCUT2D eigenvalue weighted by molar-refractivity contribution is 0.0979. The number of H-pyrrole nitrogens is 1. The van der Waals surface area contributed by atoms with Crippen molar-refractivity contribution in [3.8, 4) is 5.75 Å². The predicted molar refractivity (Wildman–Crippen MR) is 153 cm³/mol. The Hall–Kier alpha value is -4.29. The van der Waals surface area contributed by atoms with Crippen molar-refractivity contribution in [2.24, 2.45) is 0 Å². The van der Waals surface area contributed by atoms with Gasteiger partial charge in [-0.25, -0.2) is 0 Å². The summed E-state index contributed by atoms with van der Waals surface area (Å²) >= 11 is 6.39. The third-order valence-corrected chi connectivity index (χ3v) is 7.67. The molecule has 1 aliphatic rings. The Kier molecular flexibility index (Phi) is 6.04. The van der Waals surface area contributed by atoms with Gasteiger partial charge in [0.05, 0.1) is 12.8 Å². The van der Waals surface area contributed by atoms with Gasteiger partial charge < -0.3 is 20.4 Å². The number of carbonyl (C=O) groups excluding carboxylic acids is 2. The highest BCUT2D eigenvalue weighted by molar-refractivity contribution is 6.19. The van der Waals surface area contributed by atoms with Gasteiger partial charge >= 0.3 is 0 Å². The topological polar surface area (TPSA) is 88.4 Å². The summed E-state index contributed by atoms with van der Waals surface area (Å²) in [5, 5.41) is 2.93.